The van der Waals surface area contributed by atoms with Crippen LogP contribution in [0.4, 0.5) is 0 Å². The Hall–Kier alpha value is -1.59. The summed E-state index contributed by atoms with van der Waals surface area (Å²) in [7, 11) is 2.07. The van der Waals surface area contributed by atoms with Crippen molar-refractivity contribution in [1.29, 1.82) is 0 Å². The second-order valence-electron chi connectivity index (χ2n) is 5.92. The SMILES string of the molecule is CN1CCN=C1NCc1ccc(COC2CCOCC2)cc1. The van der Waals surface area contributed by atoms with Crippen LogP contribution in [0.25, 0.3) is 0 Å². The predicted octanol–water partition coefficient (Wildman–Crippen LogP) is 1.77. The molecule has 0 spiro atoms. The first kappa shape index (κ1) is 15.3. The van der Waals surface area contributed by atoms with Gasteiger partial charge in [0.25, 0.3) is 0 Å². The lowest BCUT2D eigenvalue weighted by Crippen LogP contribution is -2.35. The first-order valence-electron chi connectivity index (χ1n) is 8.08. The van der Waals surface area contributed by atoms with Crippen LogP contribution in [0.5, 0.6) is 0 Å². The highest BCUT2D eigenvalue weighted by molar-refractivity contribution is 5.81. The van der Waals surface area contributed by atoms with Crippen molar-refractivity contribution in [3.63, 3.8) is 0 Å². The minimum atomic E-state index is 0.353. The van der Waals surface area contributed by atoms with E-state index in [0.29, 0.717) is 12.7 Å². The van der Waals surface area contributed by atoms with E-state index < -0.39 is 0 Å². The lowest BCUT2D eigenvalue weighted by Gasteiger charge is -2.22. The van der Waals surface area contributed by atoms with Crippen LogP contribution in [-0.2, 0) is 22.6 Å². The maximum Gasteiger partial charge on any atom is 0.194 e. The molecule has 22 heavy (non-hydrogen) atoms. The molecule has 0 aliphatic carbocycles. The average Bonchev–Trinajstić information content (AvgIpc) is 2.98. The predicted molar refractivity (Wildman–Crippen MR) is 86.8 cm³/mol. The maximum absolute atomic E-state index is 5.94. The third kappa shape index (κ3) is 4.21. The molecule has 2 aliphatic heterocycles. The average molecular weight is 303 g/mol. The highest BCUT2D eigenvalue weighted by atomic mass is 16.5. The van der Waals surface area contributed by atoms with Gasteiger partial charge < -0.3 is 19.7 Å². The number of aliphatic imine (C=N–C) groups is 1. The Morgan fingerprint density at radius 2 is 1.95 bits per heavy atom. The summed E-state index contributed by atoms with van der Waals surface area (Å²) in [4.78, 5) is 6.58. The van der Waals surface area contributed by atoms with Gasteiger partial charge in [0.05, 0.1) is 19.3 Å². The van der Waals surface area contributed by atoms with Crippen LogP contribution in [0.3, 0.4) is 0 Å². The number of nitrogens with one attached hydrogen (secondary N) is 1. The maximum atomic E-state index is 5.94. The Balaban J connectivity index is 1.43. The summed E-state index contributed by atoms with van der Waals surface area (Å²) in [6, 6.07) is 8.61. The van der Waals surface area contributed by atoms with Gasteiger partial charge in [0.2, 0.25) is 0 Å². The van der Waals surface area contributed by atoms with Crippen molar-refractivity contribution in [2.24, 2.45) is 4.99 Å². The van der Waals surface area contributed by atoms with Gasteiger partial charge in [-0.2, -0.15) is 0 Å². The standard InChI is InChI=1S/C17H25N3O2/c1-20-9-8-18-17(20)19-12-14-2-4-15(5-3-14)13-22-16-6-10-21-11-7-16/h2-5,16H,6-13H2,1H3,(H,18,19). The van der Waals surface area contributed by atoms with Gasteiger partial charge in [-0.05, 0) is 24.0 Å². The molecule has 0 saturated carbocycles. The molecule has 2 heterocycles. The normalized spacial score (nSPS) is 19.3. The zero-order chi connectivity index (χ0) is 15.2. The lowest BCUT2D eigenvalue weighted by molar-refractivity contribution is -0.0390. The third-order valence-corrected chi connectivity index (χ3v) is 4.19. The second-order valence-corrected chi connectivity index (χ2v) is 5.92. The Labute approximate surface area is 132 Å². The second kappa shape index (κ2) is 7.61. The largest absolute Gasteiger partial charge is 0.381 e. The number of ether oxygens (including phenoxy) is 2. The van der Waals surface area contributed by atoms with E-state index in [0.717, 1.165) is 51.6 Å². The van der Waals surface area contributed by atoms with Gasteiger partial charge in [-0.25, -0.2) is 0 Å². The Bertz CT molecular complexity index is 495. The topological polar surface area (TPSA) is 46.1 Å². The van der Waals surface area contributed by atoms with Crippen LogP contribution >= 0.6 is 0 Å². The van der Waals surface area contributed by atoms with E-state index >= 15 is 0 Å². The van der Waals surface area contributed by atoms with Crippen LogP contribution in [0.1, 0.15) is 24.0 Å². The lowest BCUT2D eigenvalue weighted by atomic mass is 10.1. The molecular formula is C17H25N3O2. The van der Waals surface area contributed by atoms with Crippen molar-refractivity contribution >= 4 is 5.96 Å². The van der Waals surface area contributed by atoms with Crippen molar-refractivity contribution in [3.05, 3.63) is 35.4 Å². The first-order chi connectivity index (χ1) is 10.8. The zero-order valence-electron chi connectivity index (χ0n) is 13.3. The summed E-state index contributed by atoms with van der Waals surface area (Å²) in [6.45, 7) is 5.05. The molecule has 0 bridgehead atoms. The molecule has 0 atom stereocenters. The number of benzene rings is 1. The molecule has 1 saturated heterocycles. The van der Waals surface area contributed by atoms with Gasteiger partial charge in [-0.3, -0.25) is 4.99 Å². The number of likely N-dealkylation sites (N-methyl/N-ethyl adjacent to an activating group) is 1. The van der Waals surface area contributed by atoms with E-state index in [-0.39, 0.29) is 0 Å². The summed E-state index contributed by atoms with van der Waals surface area (Å²) in [6.07, 6.45) is 2.38. The fraction of sp³-hybridized carbons (Fsp3) is 0.588. The fourth-order valence-corrected chi connectivity index (χ4v) is 2.71. The molecule has 1 N–H and O–H groups in total. The van der Waals surface area contributed by atoms with E-state index in [2.05, 4.69) is 46.5 Å². The number of hydrogen-bond donors (Lipinski definition) is 1. The van der Waals surface area contributed by atoms with E-state index in [4.69, 9.17) is 9.47 Å². The van der Waals surface area contributed by atoms with Gasteiger partial charge in [-0.1, -0.05) is 24.3 Å². The van der Waals surface area contributed by atoms with Gasteiger partial charge >= 0.3 is 0 Å². The van der Waals surface area contributed by atoms with E-state index in [9.17, 15) is 0 Å². The summed E-state index contributed by atoms with van der Waals surface area (Å²) >= 11 is 0. The van der Waals surface area contributed by atoms with Crippen molar-refractivity contribution in [2.75, 3.05) is 33.4 Å². The molecule has 3 rings (SSSR count). The molecule has 1 aromatic rings. The van der Waals surface area contributed by atoms with E-state index in [1.54, 1.807) is 0 Å². The molecule has 0 radical (unpaired) electrons. The zero-order valence-corrected chi connectivity index (χ0v) is 13.3. The van der Waals surface area contributed by atoms with E-state index in [1.165, 1.54) is 11.1 Å². The van der Waals surface area contributed by atoms with Crippen LogP contribution < -0.4 is 5.32 Å². The van der Waals surface area contributed by atoms with Crippen LogP contribution in [0.15, 0.2) is 29.3 Å². The quantitative estimate of drug-likeness (QED) is 0.900. The molecule has 5 nitrogen and oxygen atoms in total. The van der Waals surface area contributed by atoms with Gasteiger partial charge in [-0.15, -0.1) is 0 Å². The molecule has 1 fully saturated rings. The van der Waals surface area contributed by atoms with Gasteiger partial charge in [0, 0.05) is 33.4 Å². The fourth-order valence-electron chi connectivity index (χ4n) is 2.71. The number of nitrogens with zero attached hydrogens (tertiary/aromatic N) is 2. The highest BCUT2D eigenvalue weighted by Crippen LogP contribution is 2.14. The smallest absolute Gasteiger partial charge is 0.194 e. The minimum absolute atomic E-state index is 0.353. The van der Waals surface area contributed by atoms with Crippen LogP contribution in [-0.4, -0.2) is 50.3 Å². The van der Waals surface area contributed by atoms with Crippen molar-refractivity contribution in [2.45, 2.75) is 32.1 Å². The van der Waals surface area contributed by atoms with Gasteiger partial charge in [0.1, 0.15) is 0 Å². The molecule has 120 valence electrons. The molecule has 0 unspecified atom stereocenters. The van der Waals surface area contributed by atoms with Crippen LogP contribution in [0.2, 0.25) is 0 Å². The summed E-state index contributed by atoms with van der Waals surface area (Å²) < 4.78 is 11.3. The molecule has 1 aromatic carbocycles. The highest BCUT2D eigenvalue weighted by Gasteiger charge is 2.14. The minimum Gasteiger partial charge on any atom is -0.381 e. The van der Waals surface area contributed by atoms with E-state index in [1.807, 2.05) is 0 Å². The van der Waals surface area contributed by atoms with Crippen LogP contribution in [0, 0.1) is 0 Å². The molecule has 2 aliphatic rings. The molecule has 0 aromatic heterocycles. The monoisotopic (exact) mass is 303 g/mol. The third-order valence-electron chi connectivity index (χ3n) is 4.19. The van der Waals surface area contributed by atoms with Crippen molar-refractivity contribution < 1.29 is 9.47 Å². The van der Waals surface area contributed by atoms with Crippen molar-refractivity contribution in [3.8, 4) is 0 Å². The molecule has 0 amide bonds. The number of hydrogen-bond acceptors (Lipinski definition) is 5. The number of rotatable bonds is 5. The molecule has 5 heteroatoms. The van der Waals surface area contributed by atoms with Gasteiger partial charge in [0.15, 0.2) is 5.96 Å². The number of guanidine groups is 1. The molecular weight excluding hydrogens is 278 g/mol. The Kier molecular flexibility index (Phi) is 5.29. The summed E-state index contributed by atoms with van der Waals surface area (Å²) in [5.74, 6) is 0.993. The summed E-state index contributed by atoms with van der Waals surface area (Å²) in [5.41, 5.74) is 2.49. The Morgan fingerprint density at radius 1 is 1.23 bits per heavy atom. The first-order valence-corrected chi connectivity index (χ1v) is 8.08. The summed E-state index contributed by atoms with van der Waals surface area (Å²) in [5, 5.41) is 3.38. The Morgan fingerprint density at radius 3 is 2.64 bits per heavy atom. The van der Waals surface area contributed by atoms with Crippen molar-refractivity contribution in [1.82, 2.24) is 10.2 Å².